The molecule has 5 rings (SSSR count). The van der Waals surface area contributed by atoms with Gasteiger partial charge in [0.25, 0.3) is 5.91 Å². The van der Waals surface area contributed by atoms with Gasteiger partial charge in [0.05, 0.1) is 16.1 Å². The van der Waals surface area contributed by atoms with E-state index in [9.17, 15) is 19.1 Å². The molecule has 4 heterocycles. The van der Waals surface area contributed by atoms with E-state index in [2.05, 4.69) is 34.7 Å². The smallest absolute Gasteiger partial charge is 0.337 e. The number of carboxylic acid groups (broad SMARTS) is 1. The molecule has 10 heteroatoms. The highest BCUT2D eigenvalue weighted by molar-refractivity contribution is 6.30. The van der Waals surface area contributed by atoms with E-state index in [0.29, 0.717) is 54.4 Å². The number of aromatic nitrogens is 2. The summed E-state index contributed by atoms with van der Waals surface area (Å²) in [6, 6.07) is 8.53. The minimum atomic E-state index is -0.961. The molecule has 44 heavy (non-hydrogen) atoms. The van der Waals surface area contributed by atoms with Crippen LogP contribution in [0.1, 0.15) is 64.5 Å². The van der Waals surface area contributed by atoms with Gasteiger partial charge >= 0.3 is 5.97 Å². The molecule has 8 nitrogen and oxygen atoms in total. The van der Waals surface area contributed by atoms with Gasteiger partial charge in [-0.25, -0.2) is 14.2 Å². The van der Waals surface area contributed by atoms with Crippen LogP contribution in [-0.4, -0.2) is 68.1 Å². The number of piperazine rings is 1. The van der Waals surface area contributed by atoms with Crippen molar-refractivity contribution in [2.45, 2.75) is 59.5 Å². The van der Waals surface area contributed by atoms with Crippen molar-refractivity contribution >= 4 is 34.5 Å². The number of nitrogens with one attached hydrogen (secondary N) is 1. The summed E-state index contributed by atoms with van der Waals surface area (Å²) < 4.78 is 16.4. The van der Waals surface area contributed by atoms with Gasteiger partial charge in [-0.15, -0.1) is 0 Å². The Balaban J connectivity index is 1.44. The maximum atomic E-state index is 14.4. The lowest BCUT2D eigenvalue weighted by Gasteiger charge is -2.48. The summed E-state index contributed by atoms with van der Waals surface area (Å²) in [5.41, 5.74) is 4.54. The molecular formula is C34H39ClFN5O3. The molecule has 1 saturated heterocycles. The lowest BCUT2D eigenvalue weighted by molar-refractivity contribution is -0.132. The molecular weight excluding hydrogens is 581 g/mol. The molecule has 2 aliphatic rings. The number of nitrogens with zero attached hydrogens (tertiary/aromatic N) is 4. The predicted molar refractivity (Wildman–Crippen MR) is 172 cm³/mol. The van der Waals surface area contributed by atoms with Gasteiger partial charge < -0.3 is 24.8 Å². The quantitative estimate of drug-likeness (QED) is 0.316. The fraction of sp³-hybridized carbons (Fsp3) is 0.382. The van der Waals surface area contributed by atoms with Crippen molar-refractivity contribution in [3.05, 3.63) is 87.8 Å². The maximum absolute atomic E-state index is 14.4. The minimum absolute atomic E-state index is 0.0683. The zero-order chi connectivity index (χ0) is 31.9. The summed E-state index contributed by atoms with van der Waals surface area (Å²) in [4.78, 5) is 34.9. The van der Waals surface area contributed by atoms with Gasteiger partial charge in [-0.3, -0.25) is 4.79 Å². The van der Waals surface area contributed by atoms with Crippen molar-refractivity contribution in [3.8, 4) is 11.1 Å². The lowest BCUT2D eigenvalue weighted by Crippen LogP contribution is -2.60. The number of carbonyl (C=O) groups excluding carboxylic acids is 1. The van der Waals surface area contributed by atoms with Crippen molar-refractivity contribution in [2.75, 3.05) is 26.2 Å². The number of halogens is 2. The highest BCUT2D eigenvalue weighted by Gasteiger charge is 2.38. The number of aliphatic carboxylic acids is 1. The van der Waals surface area contributed by atoms with E-state index in [1.807, 2.05) is 44.0 Å². The van der Waals surface area contributed by atoms with Crippen LogP contribution in [0.3, 0.4) is 0 Å². The predicted octanol–water partition coefficient (Wildman–Crippen LogP) is 6.80. The van der Waals surface area contributed by atoms with Crippen LogP contribution in [-0.2, 0) is 4.79 Å². The number of hydrogen-bond acceptors (Lipinski definition) is 5. The molecule has 2 N–H and O–H groups in total. The van der Waals surface area contributed by atoms with Crippen LogP contribution in [0.2, 0.25) is 5.02 Å². The molecule has 2 aliphatic heterocycles. The third-order valence-corrected chi connectivity index (χ3v) is 9.04. The molecule has 1 aromatic carbocycles. The Morgan fingerprint density at radius 1 is 1.18 bits per heavy atom. The fourth-order valence-electron chi connectivity index (χ4n) is 6.16. The third-order valence-electron chi connectivity index (χ3n) is 8.73. The zero-order valence-corrected chi connectivity index (χ0v) is 26.8. The van der Waals surface area contributed by atoms with Gasteiger partial charge in [0, 0.05) is 60.8 Å². The second-order valence-electron chi connectivity index (χ2n) is 12.2. The summed E-state index contributed by atoms with van der Waals surface area (Å²) in [6.45, 7) is 14.0. The van der Waals surface area contributed by atoms with Crippen LogP contribution >= 0.6 is 11.6 Å². The van der Waals surface area contributed by atoms with E-state index in [1.54, 1.807) is 25.1 Å². The molecule has 0 bridgehead atoms. The molecule has 1 amide bonds. The van der Waals surface area contributed by atoms with Gasteiger partial charge in [-0.1, -0.05) is 24.6 Å². The Morgan fingerprint density at radius 2 is 1.93 bits per heavy atom. The van der Waals surface area contributed by atoms with Crippen molar-refractivity contribution in [1.29, 1.82) is 0 Å². The van der Waals surface area contributed by atoms with E-state index in [-0.39, 0.29) is 22.5 Å². The van der Waals surface area contributed by atoms with E-state index in [1.165, 1.54) is 6.07 Å². The average Bonchev–Trinajstić information content (AvgIpc) is 3.34. The Bertz CT molecular complexity index is 1740. The summed E-state index contributed by atoms with van der Waals surface area (Å²) in [5.74, 6) is -1.60. The van der Waals surface area contributed by atoms with Crippen LogP contribution in [0.15, 0.2) is 71.2 Å². The Kier molecular flexibility index (Phi) is 8.62. The van der Waals surface area contributed by atoms with E-state index >= 15 is 0 Å². The van der Waals surface area contributed by atoms with E-state index in [0.717, 1.165) is 23.1 Å². The van der Waals surface area contributed by atoms with Crippen LogP contribution < -0.4 is 5.32 Å². The second-order valence-corrected chi connectivity index (χ2v) is 12.6. The average molecular weight is 620 g/mol. The Hall–Kier alpha value is -4.11. The summed E-state index contributed by atoms with van der Waals surface area (Å²) in [5, 5.41) is 13.8. The maximum Gasteiger partial charge on any atom is 0.337 e. The van der Waals surface area contributed by atoms with E-state index in [4.69, 9.17) is 16.6 Å². The number of allylic oxidation sites excluding steroid dienone is 2. The zero-order valence-electron chi connectivity index (χ0n) is 26.0. The highest BCUT2D eigenvalue weighted by Crippen LogP contribution is 2.35. The molecule has 0 unspecified atom stereocenters. The second kappa shape index (κ2) is 12.1. The Labute approximate surface area is 262 Å². The lowest BCUT2D eigenvalue weighted by atomic mass is 9.96. The first-order valence-corrected chi connectivity index (χ1v) is 15.3. The number of amides is 1. The molecule has 0 aliphatic carbocycles. The van der Waals surface area contributed by atoms with Crippen molar-refractivity contribution in [3.63, 3.8) is 0 Å². The fourth-order valence-corrected chi connectivity index (χ4v) is 6.27. The van der Waals surface area contributed by atoms with Crippen LogP contribution in [0.4, 0.5) is 4.39 Å². The number of carbonyl (C=O) groups is 2. The van der Waals surface area contributed by atoms with Gasteiger partial charge in [0.1, 0.15) is 17.2 Å². The van der Waals surface area contributed by atoms with Crippen molar-refractivity contribution < 1.29 is 19.1 Å². The molecule has 1 atom stereocenters. The first-order chi connectivity index (χ1) is 20.8. The number of carboxylic acids is 1. The molecule has 2 aromatic heterocycles. The Morgan fingerprint density at radius 3 is 2.59 bits per heavy atom. The summed E-state index contributed by atoms with van der Waals surface area (Å²) in [6.07, 6.45) is 6.81. The summed E-state index contributed by atoms with van der Waals surface area (Å²) >= 11 is 5.94. The molecule has 0 spiro atoms. The number of benzene rings is 1. The number of rotatable bonds is 6. The highest BCUT2D eigenvalue weighted by atomic mass is 35.5. The minimum Gasteiger partial charge on any atom is -0.478 e. The number of fused-ring (bicyclic) bond motifs is 1. The normalized spacial score (nSPS) is 19.5. The molecule has 1 fully saturated rings. The first kappa shape index (κ1) is 31.3. The van der Waals surface area contributed by atoms with Gasteiger partial charge in [-0.2, -0.15) is 0 Å². The third kappa shape index (κ3) is 5.85. The van der Waals surface area contributed by atoms with E-state index < -0.39 is 17.3 Å². The van der Waals surface area contributed by atoms with Crippen LogP contribution in [0.5, 0.6) is 0 Å². The number of hydrogen-bond donors (Lipinski definition) is 2. The molecule has 0 radical (unpaired) electrons. The van der Waals surface area contributed by atoms with Gasteiger partial charge in [0.2, 0.25) is 0 Å². The number of pyridine rings is 1. The SMILES string of the molecule is CC[C@H](C)n1cc(-c2ccc(Cl)c(F)c2)c2ccc(C(=O)N3CCN(C4=CCN/C(C)=C(\C(=O)O)C(C)=C4)CC3(C)C)nc21. The van der Waals surface area contributed by atoms with Crippen LogP contribution in [0, 0.1) is 5.82 Å². The molecule has 3 aromatic rings. The standard InChI is InChI=1S/C34H39ClFN5O3/c1-7-21(3)40-18-26(23-8-10-27(35)28(36)17-23)25-9-11-29(38-31(25)40)32(42)41-15-14-39(19-34(41,5)6)24-12-13-37-22(4)30(33(43)44)20(2)16-24/h8-12,16-18,21,37H,7,13-15,19H2,1-6H3,(H,43,44)/b20-16?,24-12?,30-22-/t21-/m0/s1. The van der Waals surface area contributed by atoms with Crippen molar-refractivity contribution in [2.24, 2.45) is 0 Å². The van der Waals surface area contributed by atoms with Gasteiger partial charge in [0.15, 0.2) is 0 Å². The van der Waals surface area contributed by atoms with Crippen LogP contribution in [0.25, 0.3) is 22.2 Å². The monoisotopic (exact) mass is 619 g/mol. The molecule has 0 saturated carbocycles. The van der Waals surface area contributed by atoms with Gasteiger partial charge in [-0.05, 0) is 88.6 Å². The first-order valence-electron chi connectivity index (χ1n) is 14.9. The topological polar surface area (TPSA) is 90.7 Å². The summed E-state index contributed by atoms with van der Waals surface area (Å²) in [7, 11) is 0. The van der Waals surface area contributed by atoms with Crippen molar-refractivity contribution in [1.82, 2.24) is 24.7 Å². The molecule has 232 valence electrons. The largest absolute Gasteiger partial charge is 0.478 e.